The Morgan fingerprint density at radius 3 is 3.00 bits per heavy atom. The molecule has 0 atom stereocenters. The Labute approximate surface area is 103 Å². The van der Waals surface area contributed by atoms with E-state index in [0.29, 0.717) is 11.4 Å². The minimum atomic E-state index is -0.387. The normalized spacial score (nSPS) is 10.3. The predicted molar refractivity (Wildman–Crippen MR) is 62.4 cm³/mol. The molecule has 0 aliphatic carbocycles. The first-order valence-electron chi connectivity index (χ1n) is 4.87. The number of hydrogen-bond acceptors (Lipinski definition) is 4. The lowest BCUT2D eigenvalue weighted by molar-refractivity contribution is 0.0601. The van der Waals surface area contributed by atoms with Crippen LogP contribution in [-0.4, -0.2) is 27.6 Å². The molecular formula is C11H10ClN3O2. The molecule has 6 heteroatoms. The van der Waals surface area contributed by atoms with E-state index in [-0.39, 0.29) is 11.3 Å². The van der Waals surface area contributed by atoms with Gasteiger partial charge in [-0.3, -0.25) is 0 Å². The lowest BCUT2D eigenvalue weighted by Crippen LogP contribution is -2.01. The summed E-state index contributed by atoms with van der Waals surface area (Å²) < 4.78 is 6.33. The molecule has 0 bridgehead atoms. The fourth-order valence-electron chi connectivity index (χ4n) is 1.44. The molecule has 0 fully saturated rings. The molecule has 0 saturated heterocycles. The van der Waals surface area contributed by atoms with Gasteiger partial charge in [-0.25, -0.2) is 9.78 Å². The van der Waals surface area contributed by atoms with Crippen LogP contribution in [0.15, 0.2) is 24.7 Å². The molecule has 0 aromatic carbocycles. The molecule has 0 radical (unpaired) electrons. The number of esters is 1. The number of carbonyl (C=O) groups is 1. The van der Waals surface area contributed by atoms with Crippen molar-refractivity contribution in [1.29, 1.82) is 0 Å². The van der Waals surface area contributed by atoms with Gasteiger partial charge in [0.15, 0.2) is 0 Å². The SMILES string of the molecule is COC(=O)c1ccn(-c2nc(Cl)ncc2C)c1. The van der Waals surface area contributed by atoms with E-state index in [1.165, 1.54) is 7.11 Å². The summed E-state index contributed by atoms with van der Waals surface area (Å²) in [5, 5.41) is 0.166. The standard InChI is InChI=1S/C11H10ClN3O2/c1-7-5-13-11(12)14-9(7)15-4-3-8(6-15)10(16)17-2/h3-6H,1-2H3. The van der Waals surface area contributed by atoms with E-state index in [2.05, 4.69) is 14.7 Å². The van der Waals surface area contributed by atoms with Crippen molar-refractivity contribution < 1.29 is 9.53 Å². The zero-order valence-corrected chi connectivity index (χ0v) is 10.1. The molecule has 2 heterocycles. The Bertz CT molecular complexity index is 566. The smallest absolute Gasteiger partial charge is 0.339 e. The van der Waals surface area contributed by atoms with Crippen LogP contribution in [0.4, 0.5) is 0 Å². The number of nitrogens with zero attached hydrogens (tertiary/aromatic N) is 3. The average molecular weight is 252 g/mol. The van der Waals surface area contributed by atoms with Gasteiger partial charge >= 0.3 is 5.97 Å². The number of hydrogen-bond donors (Lipinski definition) is 0. The zero-order valence-electron chi connectivity index (χ0n) is 9.35. The number of rotatable bonds is 2. The van der Waals surface area contributed by atoms with Crippen molar-refractivity contribution in [1.82, 2.24) is 14.5 Å². The molecule has 0 saturated carbocycles. The van der Waals surface area contributed by atoms with E-state index in [4.69, 9.17) is 11.6 Å². The lowest BCUT2D eigenvalue weighted by Gasteiger charge is -2.05. The Morgan fingerprint density at radius 1 is 1.53 bits per heavy atom. The Kier molecular flexibility index (Phi) is 3.10. The van der Waals surface area contributed by atoms with Gasteiger partial charge in [-0.15, -0.1) is 0 Å². The highest BCUT2D eigenvalue weighted by molar-refractivity contribution is 6.28. The summed E-state index contributed by atoms with van der Waals surface area (Å²) >= 11 is 5.74. The predicted octanol–water partition coefficient (Wildman–Crippen LogP) is 2.02. The third kappa shape index (κ3) is 2.29. The molecule has 0 aliphatic heterocycles. The first-order chi connectivity index (χ1) is 8.11. The molecule has 17 heavy (non-hydrogen) atoms. The highest BCUT2D eigenvalue weighted by Crippen LogP contribution is 2.14. The summed E-state index contributed by atoms with van der Waals surface area (Å²) in [6, 6.07) is 1.65. The van der Waals surface area contributed by atoms with Crippen LogP contribution in [0.3, 0.4) is 0 Å². The van der Waals surface area contributed by atoms with E-state index in [1.54, 1.807) is 29.2 Å². The Balaban J connectivity index is 2.43. The van der Waals surface area contributed by atoms with Crippen molar-refractivity contribution in [2.45, 2.75) is 6.92 Å². The number of aryl methyl sites for hydroxylation is 1. The molecular weight excluding hydrogens is 242 g/mol. The molecule has 5 nitrogen and oxygen atoms in total. The van der Waals surface area contributed by atoms with Crippen molar-refractivity contribution >= 4 is 17.6 Å². The van der Waals surface area contributed by atoms with Crippen LogP contribution in [0.1, 0.15) is 15.9 Å². The number of carbonyl (C=O) groups excluding carboxylic acids is 1. The molecule has 0 spiro atoms. The maximum atomic E-state index is 11.3. The van der Waals surface area contributed by atoms with E-state index in [9.17, 15) is 4.79 Å². The fraction of sp³-hybridized carbons (Fsp3) is 0.182. The van der Waals surface area contributed by atoms with Crippen molar-refractivity contribution in [3.05, 3.63) is 41.1 Å². The molecule has 2 aromatic rings. The van der Waals surface area contributed by atoms with Gasteiger partial charge in [0.25, 0.3) is 0 Å². The second-order valence-corrected chi connectivity index (χ2v) is 3.78. The van der Waals surface area contributed by atoms with Gasteiger partial charge < -0.3 is 9.30 Å². The van der Waals surface area contributed by atoms with E-state index < -0.39 is 0 Å². The maximum Gasteiger partial charge on any atom is 0.339 e. The monoisotopic (exact) mass is 251 g/mol. The summed E-state index contributed by atoms with van der Waals surface area (Å²) in [5.74, 6) is 0.252. The highest BCUT2D eigenvalue weighted by Gasteiger charge is 2.10. The van der Waals surface area contributed by atoms with Crippen LogP contribution in [0, 0.1) is 6.92 Å². The van der Waals surface area contributed by atoms with Crippen molar-refractivity contribution in [2.24, 2.45) is 0 Å². The Morgan fingerprint density at radius 2 is 2.29 bits per heavy atom. The van der Waals surface area contributed by atoms with Crippen LogP contribution in [-0.2, 0) is 4.74 Å². The quantitative estimate of drug-likeness (QED) is 0.605. The summed E-state index contributed by atoms with van der Waals surface area (Å²) in [4.78, 5) is 19.3. The summed E-state index contributed by atoms with van der Waals surface area (Å²) in [6.07, 6.45) is 4.98. The summed E-state index contributed by atoms with van der Waals surface area (Å²) in [5.41, 5.74) is 1.32. The number of aromatic nitrogens is 3. The third-order valence-electron chi connectivity index (χ3n) is 2.27. The zero-order chi connectivity index (χ0) is 12.4. The summed E-state index contributed by atoms with van der Waals surface area (Å²) in [6.45, 7) is 1.86. The molecule has 0 unspecified atom stereocenters. The second-order valence-electron chi connectivity index (χ2n) is 3.44. The van der Waals surface area contributed by atoms with E-state index in [1.807, 2.05) is 6.92 Å². The number of methoxy groups -OCH3 is 1. The molecule has 2 rings (SSSR count). The van der Waals surface area contributed by atoms with Gasteiger partial charge in [-0.1, -0.05) is 0 Å². The fourth-order valence-corrected chi connectivity index (χ4v) is 1.57. The van der Waals surface area contributed by atoms with Crippen LogP contribution in [0.5, 0.6) is 0 Å². The molecule has 0 amide bonds. The van der Waals surface area contributed by atoms with Gasteiger partial charge in [-0.2, -0.15) is 4.98 Å². The summed E-state index contributed by atoms with van der Waals surface area (Å²) in [7, 11) is 1.34. The van der Waals surface area contributed by atoms with Crippen LogP contribution >= 0.6 is 11.6 Å². The van der Waals surface area contributed by atoms with E-state index in [0.717, 1.165) is 5.56 Å². The second kappa shape index (κ2) is 4.55. The molecule has 2 aromatic heterocycles. The highest BCUT2D eigenvalue weighted by atomic mass is 35.5. The van der Waals surface area contributed by atoms with Gasteiger partial charge in [0.05, 0.1) is 12.7 Å². The van der Waals surface area contributed by atoms with Gasteiger partial charge in [0.2, 0.25) is 5.28 Å². The minimum Gasteiger partial charge on any atom is -0.465 e. The molecule has 0 aliphatic rings. The van der Waals surface area contributed by atoms with Gasteiger partial charge in [0.1, 0.15) is 5.82 Å². The lowest BCUT2D eigenvalue weighted by atomic mass is 10.3. The number of ether oxygens (including phenoxy) is 1. The number of halogens is 1. The molecule has 0 N–H and O–H groups in total. The first kappa shape index (κ1) is 11.6. The van der Waals surface area contributed by atoms with Gasteiger partial charge in [0, 0.05) is 24.2 Å². The largest absolute Gasteiger partial charge is 0.465 e. The Hall–Kier alpha value is -1.88. The van der Waals surface area contributed by atoms with Gasteiger partial charge in [-0.05, 0) is 24.6 Å². The van der Waals surface area contributed by atoms with E-state index >= 15 is 0 Å². The third-order valence-corrected chi connectivity index (χ3v) is 2.46. The van der Waals surface area contributed by atoms with Crippen LogP contribution in [0.2, 0.25) is 5.28 Å². The maximum absolute atomic E-state index is 11.3. The van der Waals surface area contributed by atoms with Crippen molar-refractivity contribution in [2.75, 3.05) is 7.11 Å². The van der Waals surface area contributed by atoms with Crippen molar-refractivity contribution in [3.8, 4) is 5.82 Å². The van der Waals surface area contributed by atoms with Crippen LogP contribution < -0.4 is 0 Å². The topological polar surface area (TPSA) is 57.0 Å². The average Bonchev–Trinajstić information content (AvgIpc) is 2.80. The molecule has 88 valence electrons. The van der Waals surface area contributed by atoms with Crippen molar-refractivity contribution in [3.63, 3.8) is 0 Å². The minimum absolute atomic E-state index is 0.166. The first-order valence-corrected chi connectivity index (χ1v) is 5.25. The van der Waals surface area contributed by atoms with Crippen LogP contribution in [0.25, 0.3) is 5.82 Å².